The van der Waals surface area contributed by atoms with Gasteiger partial charge in [-0.1, -0.05) is 12.1 Å². The lowest BCUT2D eigenvalue weighted by molar-refractivity contribution is -0.154. The first-order valence-corrected chi connectivity index (χ1v) is 8.86. The summed E-state index contributed by atoms with van der Waals surface area (Å²) in [4.78, 5) is 26.7. The van der Waals surface area contributed by atoms with Crippen molar-refractivity contribution >= 4 is 17.9 Å². The van der Waals surface area contributed by atoms with Gasteiger partial charge in [0, 0.05) is 24.4 Å². The van der Waals surface area contributed by atoms with E-state index in [1.165, 1.54) is 37.6 Å². The first kappa shape index (κ1) is 23.5. The van der Waals surface area contributed by atoms with Gasteiger partial charge in [0.2, 0.25) is 11.8 Å². The Morgan fingerprint density at radius 1 is 1.19 bits per heavy atom. The number of benzene rings is 1. The number of primary amides is 1. The summed E-state index contributed by atoms with van der Waals surface area (Å²) < 4.78 is 52.1. The van der Waals surface area contributed by atoms with Gasteiger partial charge >= 0.3 is 6.18 Å². The molecule has 1 heterocycles. The molecule has 0 fully saturated rings. The fourth-order valence-corrected chi connectivity index (χ4v) is 2.31. The molecule has 2 amide bonds. The van der Waals surface area contributed by atoms with E-state index in [2.05, 4.69) is 15.0 Å². The lowest BCUT2D eigenvalue weighted by Gasteiger charge is -2.12. The Morgan fingerprint density at radius 2 is 1.97 bits per heavy atom. The molecule has 2 aromatic rings. The van der Waals surface area contributed by atoms with Crippen molar-refractivity contribution in [2.75, 3.05) is 20.3 Å². The van der Waals surface area contributed by atoms with Gasteiger partial charge in [-0.05, 0) is 29.8 Å². The van der Waals surface area contributed by atoms with Crippen LogP contribution in [-0.4, -0.2) is 43.3 Å². The second-order valence-corrected chi connectivity index (χ2v) is 6.09. The van der Waals surface area contributed by atoms with Gasteiger partial charge in [0.25, 0.3) is 5.91 Å². The van der Waals surface area contributed by atoms with Crippen molar-refractivity contribution in [3.63, 3.8) is 0 Å². The Hall–Kier alpha value is -3.76. The molecule has 2 rings (SSSR count). The largest absolute Gasteiger partial charge is 0.493 e. The number of hydrogen-bond acceptors (Lipinski definition) is 6. The second-order valence-electron chi connectivity index (χ2n) is 6.09. The average molecular weight is 439 g/mol. The summed E-state index contributed by atoms with van der Waals surface area (Å²) in [6.45, 7) is -1.86. The maximum atomic E-state index is 12.3. The number of rotatable bonds is 10. The molecule has 0 bridgehead atoms. The van der Waals surface area contributed by atoms with Crippen molar-refractivity contribution in [1.29, 1.82) is 0 Å². The summed E-state index contributed by atoms with van der Waals surface area (Å²) in [6, 6.07) is 7.79. The van der Waals surface area contributed by atoms with Gasteiger partial charge in [-0.2, -0.15) is 13.2 Å². The molecule has 0 saturated heterocycles. The van der Waals surface area contributed by atoms with Crippen LogP contribution in [0.25, 0.3) is 6.08 Å². The molecule has 31 heavy (non-hydrogen) atoms. The van der Waals surface area contributed by atoms with Crippen LogP contribution in [0, 0.1) is 0 Å². The lowest BCUT2D eigenvalue weighted by Crippen LogP contribution is -2.23. The van der Waals surface area contributed by atoms with Crippen LogP contribution in [0.3, 0.4) is 0 Å². The first-order chi connectivity index (χ1) is 14.7. The summed E-state index contributed by atoms with van der Waals surface area (Å²) in [5, 5.41) is 2.55. The van der Waals surface area contributed by atoms with E-state index in [1.807, 2.05) is 0 Å². The van der Waals surface area contributed by atoms with E-state index in [4.69, 9.17) is 15.2 Å². The van der Waals surface area contributed by atoms with Crippen LogP contribution in [0.1, 0.15) is 11.1 Å². The number of carbonyl (C=O) groups excluding carboxylic acids is 2. The topological polar surface area (TPSA) is 113 Å². The number of hydrogen-bond donors (Lipinski definition) is 2. The van der Waals surface area contributed by atoms with Crippen molar-refractivity contribution in [3.05, 3.63) is 53.7 Å². The zero-order valence-corrected chi connectivity index (χ0v) is 16.4. The summed E-state index contributed by atoms with van der Waals surface area (Å²) >= 11 is 0. The first-order valence-electron chi connectivity index (χ1n) is 8.86. The highest BCUT2D eigenvalue weighted by Crippen LogP contribution is 2.28. The molecule has 1 aromatic heterocycles. The molecule has 0 unspecified atom stereocenters. The maximum Gasteiger partial charge on any atom is 0.422 e. The van der Waals surface area contributed by atoms with Gasteiger partial charge < -0.3 is 25.3 Å². The van der Waals surface area contributed by atoms with E-state index in [9.17, 15) is 22.8 Å². The van der Waals surface area contributed by atoms with Crippen LogP contribution in [0.15, 0.2) is 42.6 Å². The number of pyridine rings is 1. The molecule has 3 N–H and O–H groups in total. The van der Waals surface area contributed by atoms with E-state index in [0.717, 1.165) is 0 Å². The highest BCUT2D eigenvalue weighted by molar-refractivity contribution is 5.91. The number of aromatic nitrogens is 1. The van der Waals surface area contributed by atoms with Gasteiger partial charge in [-0.25, -0.2) is 4.98 Å². The normalized spacial score (nSPS) is 11.2. The Balaban J connectivity index is 1.97. The third-order valence-corrected chi connectivity index (χ3v) is 3.66. The molecular weight excluding hydrogens is 419 g/mol. The van der Waals surface area contributed by atoms with Crippen molar-refractivity contribution in [2.45, 2.75) is 12.7 Å². The molecule has 1 aromatic carbocycles. The predicted molar refractivity (Wildman–Crippen MR) is 104 cm³/mol. The number of halogens is 3. The maximum absolute atomic E-state index is 12.3. The Kier molecular flexibility index (Phi) is 8.24. The van der Waals surface area contributed by atoms with E-state index < -0.39 is 24.6 Å². The minimum Gasteiger partial charge on any atom is -0.493 e. The van der Waals surface area contributed by atoms with Crippen molar-refractivity contribution in [2.24, 2.45) is 5.73 Å². The van der Waals surface area contributed by atoms with Crippen molar-refractivity contribution < 1.29 is 37.0 Å². The number of carbonyl (C=O) groups is 2. The lowest BCUT2D eigenvalue weighted by atomic mass is 10.2. The van der Waals surface area contributed by atoms with Crippen LogP contribution in [0.2, 0.25) is 0 Å². The second kappa shape index (κ2) is 10.9. The molecule has 11 heteroatoms. The molecule has 0 aliphatic carbocycles. The highest BCUT2D eigenvalue weighted by Gasteiger charge is 2.29. The fraction of sp³-hybridized carbons (Fsp3) is 0.250. The Bertz CT molecular complexity index is 948. The van der Waals surface area contributed by atoms with Gasteiger partial charge in [-0.3, -0.25) is 9.59 Å². The zero-order chi connectivity index (χ0) is 22.9. The molecule has 0 saturated carbocycles. The Labute approximate surface area is 175 Å². The van der Waals surface area contributed by atoms with Crippen LogP contribution in [-0.2, 0) is 16.1 Å². The molecule has 8 nitrogen and oxygen atoms in total. The molecule has 0 aliphatic rings. The number of amides is 2. The fourth-order valence-electron chi connectivity index (χ4n) is 2.31. The summed E-state index contributed by atoms with van der Waals surface area (Å²) in [7, 11) is 1.42. The van der Waals surface area contributed by atoms with E-state index in [1.54, 1.807) is 18.2 Å². The third-order valence-electron chi connectivity index (χ3n) is 3.66. The zero-order valence-electron chi connectivity index (χ0n) is 16.4. The minimum atomic E-state index is -4.50. The molecule has 166 valence electrons. The Morgan fingerprint density at radius 3 is 2.65 bits per heavy atom. The number of nitrogens with one attached hydrogen (secondary N) is 1. The quantitative estimate of drug-likeness (QED) is 0.549. The summed E-state index contributed by atoms with van der Waals surface area (Å²) in [5.41, 5.74) is 5.94. The number of ether oxygens (including phenoxy) is 3. The van der Waals surface area contributed by atoms with Crippen LogP contribution < -0.4 is 25.3 Å². The SMILES string of the molecule is COc1cc(/C=C/C(=O)NCc2cccnc2OCC(F)(F)F)ccc1OCC(N)=O. The smallest absolute Gasteiger partial charge is 0.422 e. The standard InChI is InChI=1S/C20H20F3N3O5/c1-29-16-9-13(4-6-15(16)30-11-17(24)27)5-7-18(28)26-10-14-3-2-8-25-19(14)31-12-20(21,22)23/h2-9H,10-12H2,1H3,(H2,24,27)(H,26,28)/b7-5+. The van der Waals surface area contributed by atoms with Crippen molar-refractivity contribution in [3.8, 4) is 17.4 Å². The summed E-state index contributed by atoms with van der Waals surface area (Å²) in [5.74, 6) is -0.682. The molecule has 0 atom stereocenters. The van der Waals surface area contributed by atoms with Gasteiger partial charge in [-0.15, -0.1) is 0 Å². The predicted octanol–water partition coefficient (Wildman–Crippen LogP) is 2.22. The monoisotopic (exact) mass is 439 g/mol. The van der Waals surface area contributed by atoms with Gasteiger partial charge in [0.15, 0.2) is 24.7 Å². The number of methoxy groups -OCH3 is 1. The van der Waals surface area contributed by atoms with Crippen LogP contribution in [0.5, 0.6) is 17.4 Å². The van der Waals surface area contributed by atoms with Gasteiger partial charge in [0.1, 0.15) is 0 Å². The molecular formula is C20H20F3N3O5. The third kappa shape index (κ3) is 8.25. The summed E-state index contributed by atoms with van der Waals surface area (Å²) in [6.07, 6.45) is -0.464. The molecule has 0 aliphatic heterocycles. The number of nitrogens with two attached hydrogens (primary N) is 1. The van der Waals surface area contributed by atoms with Gasteiger partial charge in [0.05, 0.1) is 7.11 Å². The van der Waals surface area contributed by atoms with Crippen molar-refractivity contribution in [1.82, 2.24) is 10.3 Å². The van der Waals surface area contributed by atoms with E-state index in [-0.39, 0.29) is 19.0 Å². The van der Waals surface area contributed by atoms with E-state index in [0.29, 0.717) is 22.6 Å². The molecule has 0 radical (unpaired) electrons. The highest BCUT2D eigenvalue weighted by atomic mass is 19.4. The van der Waals surface area contributed by atoms with E-state index >= 15 is 0 Å². The molecule has 0 spiro atoms. The number of alkyl halides is 3. The van der Waals surface area contributed by atoms with Crippen LogP contribution in [0.4, 0.5) is 13.2 Å². The minimum absolute atomic E-state index is 0.0760. The van der Waals surface area contributed by atoms with Crippen LogP contribution >= 0.6 is 0 Å². The average Bonchev–Trinajstić information content (AvgIpc) is 2.73. The number of nitrogens with zero attached hydrogens (tertiary/aromatic N) is 1.